The van der Waals surface area contributed by atoms with Crippen molar-refractivity contribution >= 4 is 40.6 Å². The highest BCUT2D eigenvalue weighted by Gasteiger charge is 2.20. The van der Waals surface area contributed by atoms with Gasteiger partial charge in [0.1, 0.15) is 11.6 Å². The van der Waals surface area contributed by atoms with Gasteiger partial charge in [0.25, 0.3) is 0 Å². The lowest BCUT2D eigenvalue weighted by molar-refractivity contribution is -0.144. The Bertz CT molecular complexity index is 1930. The van der Waals surface area contributed by atoms with E-state index in [1.54, 1.807) is 39.7 Å². The number of nitrogen functional groups attached to an aromatic ring is 1. The molecule has 0 aliphatic carbocycles. The van der Waals surface area contributed by atoms with Crippen molar-refractivity contribution in [2.45, 2.75) is 88.5 Å². The van der Waals surface area contributed by atoms with Crippen molar-refractivity contribution in [2.75, 3.05) is 18.6 Å². The number of anilines is 1. The van der Waals surface area contributed by atoms with Crippen LogP contribution in [-0.4, -0.2) is 86.1 Å². The van der Waals surface area contributed by atoms with Crippen LogP contribution in [0, 0.1) is 33.6 Å². The molecule has 0 spiro atoms. The van der Waals surface area contributed by atoms with Crippen molar-refractivity contribution in [1.29, 1.82) is 0 Å². The molecule has 0 aliphatic heterocycles. The topological polar surface area (TPSA) is 229 Å². The molecular weight excluding hydrogens is 660 g/mol. The summed E-state index contributed by atoms with van der Waals surface area (Å²) in [7, 11) is 0. The summed E-state index contributed by atoms with van der Waals surface area (Å²) in [5, 5.41) is 29.0. The van der Waals surface area contributed by atoms with E-state index in [1.807, 2.05) is 39.8 Å². The second kappa shape index (κ2) is 19.5. The van der Waals surface area contributed by atoms with E-state index in [9.17, 15) is 19.2 Å². The highest BCUT2D eigenvalue weighted by Crippen LogP contribution is 2.19. The predicted molar refractivity (Wildman–Crippen MR) is 188 cm³/mol. The zero-order valence-corrected chi connectivity index (χ0v) is 29.6. The normalized spacial score (nSPS) is 10.5. The summed E-state index contributed by atoms with van der Waals surface area (Å²) < 4.78 is 14.8. The average Bonchev–Trinajstić information content (AvgIpc) is 3.73. The molecule has 5 aromatic heterocycles. The number of aromatic nitrogens is 10. The van der Waals surface area contributed by atoms with Gasteiger partial charge in [-0.25, -0.2) is 10.5 Å². The van der Waals surface area contributed by atoms with Crippen LogP contribution in [0.2, 0.25) is 0 Å². The van der Waals surface area contributed by atoms with E-state index in [1.165, 1.54) is 13.8 Å². The molecule has 0 bridgehead atoms. The van der Waals surface area contributed by atoms with E-state index in [0.717, 1.165) is 28.6 Å². The van der Waals surface area contributed by atoms with Gasteiger partial charge in [0.05, 0.1) is 24.8 Å². The maximum atomic E-state index is 11.6. The van der Waals surface area contributed by atoms with E-state index in [4.69, 9.17) is 15.3 Å². The number of nitrogens with two attached hydrogens (primary N) is 1. The smallest absolute Gasteiger partial charge is 0.306 e. The summed E-state index contributed by atoms with van der Waals surface area (Å²) in [6.45, 7) is 14.6. The maximum absolute atomic E-state index is 11.6. The number of hydrogen-bond acceptors (Lipinski definition) is 15. The molecule has 0 aromatic carbocycles. The van der Waals surface area contributed by atoms with Gasteiger partial charge in [-0.1, -0.05) is 7.43 Å². The monoisotopic (exact) mass is 708 g/mol. The van der Waals surface area contributed by atoms with Gasteiger partial charge in [-0.05, 0) is 98.1 Å². The number of carbonyl (C=O) groups excluding carboxylic acids is 4. The molecule has 0 fully saturated rings. The maximum Gasteiger partial charge on any atom is 0.306 e. The molecule has 5 heterocycles. The van der Waals surface area contributed by atoms with Crippen LogP contribution < -0.4 is 11.3 Å². The molecule has 0 atom stereocenters. The number of nitrogens with zero attached hydrogens (tertiary/aromatic N) is 10. The number of Topliss-reactive ketones (excluding diaryl/α,β-unsaturated/α-hetero) is 2. The fraction of sp³-hybridized carbons (Fsp3) is 0.485. The minimum atomic E-state index is -0.653. The van der Waals surface area contributed by atoms with E-state index < -0.39 is 5.92 Å². The summed E-state index contributed by atoms with van der Waals surface area (Å²) in [5.41, 5.74) is 6.76. The van der Waals surface area contributed by atoms with Gasteiger partial charge in [0.2, 0.25) is 0 Å². The standard InChI is InChI=1S/C16H20N6O2.C10H16O4.C6H8N6.CH4/c1-5-24-16(23)9-6-13-10(2)19-21(11(13)3)15-8-7-14-18-17-12(4)22(14)20-15;1-4-14-10(13)6-5-9(7(2)11)8(3)12;1-4-9-10-6-3-2-5(8-7)11-12(4)6;/h7-8H,5-6,9H2,1-4H3;9H,4-6H2,1-3H3;2-3H,7H2,1H3,(H,8,11);1H4. The molecule has 0 aliphatic rings. The Kier molecular flexibility index (Phi) is 15.9. The number of carbonyl (C=O) groups is 4. The minimum absolute atomic E-state index is 0. The number of nitrogens with one attached hydrogen (secondary N) is 1. The van der Waals surface area contributed by atoms with Crippen LogP contribution in [0.1, 0.15) is 83.0 Å². The summed E-state index contributed by atoms with van der Waals surface area (Å²) in [6, 6.07) is 7.25. The van der Waals surface area contributed by atoms with E-state index in [0.29, 0.717) is 49.0 Å². The summed E-state index contributed by atoms with van der Waals surface area (Å²) in [4.78, 5) is 44.5. The molecule has 18 nitrogen and oxygen atoms in total. The molecule has 5 rings (SSSR count). The zero-order chi connectivity index (χ0) is 37.0. The molecule has 18 heteroatoms. The highest BCUT2D eigenvalue weighted by atomic mass is 16.5. The second-order valence-electron chi connectivity index (χ2n) is 11.1. The molecule has 0 unspecified atom stereocenters. The fourth-order valence-electron chi connectivity index (χ4n) is 4.88. The number of ether oxygens (including phenoxy) is 2. The van der Waals surface area contributed by atoms with E-state index in [2.05, 4.69) is 41.1 Å². The molecule has 0 saturated carbocycles. The molecule has 3 N–H and O–H groups in total. The average molecular weight is 709 g/mol. The largest absolute Gasteiger partial charge is 0.466 e. The van der Waals surface area contributed by atoms with Crippen molar-refractivity contribution in [2.24, 2.45) is 11.8 Å². The molecular formula is C33H48N12O6. The molecule has 0 saturated heterocycles. The van der Waals surface area contributed by atoms with Crippen LogP contribution in [0.25, 0.3) is 17.1 Å². The first-order chi connectivity index (χ1) is 23.8. The Morgan fingerprint density at radius 2 is 1.29 bits per heavy atom. The van der Waals surface area contributed by atoms with Crippen LogP contribution in [0.15, 0.2) is 24.3 Å². The minimum Gasteiger partial charge on any atom is -0.466 e. The molecule has 5 aromatic rings. The van der Waals surface area contributed by atoms with Crippen molar-refractivity contribution in [3.05, 3.63) is 52.9 Å². The number of ketones is 2. The lowest BCUT2D eigenvalue weighted by atomic mass is 9.95. The third-order valence-corrected chi connectivity index (χ3v) is 7.44. The van der Waals surface area contributed by atoms with Gasteiger partial charge in [-0.2, -0.15) is 14.1 Å². The molecule has 0 radical (unpaired) electrons. The van der Waals surface area contributed by atoms with Gasteiger partial charge in [0.15, 0.2) is 34.6 Å². The van der Waals surface area contributed by atoms with Crippen molar-refractivity contribution in [3.63, 3.8) is 0 Å². The number of rotatable bonds is 12. The highest BCUT2D eigenvalue weighted by molar-refractivity contribution is 6.00. The number of fused-ring (bicyclic) bond motifs is 2. The zero-order valence-electron chi connectivity index (χ0n) is 29.6. The van der Waals surface area contributed by atoms with Crippen molar-refractivity contribution in [1.82, 2.24) is 49.4 Å². The van der Waals surface area contributed by atoms with Gasteiger partial charge in [0, 0.05) is 18.5 Å². The number of hydrogen-bond donors (Lipinski definition) is 2. The number of aryl methyl sites for hydroxylation is 3. The van der Waals surface area contributed by atoms with Gasteiger partial charge in [-0.15, -0.1) is 30.6 Å². The Balaban J connectivity index is 0.000000286. The van der Waals surface area contributed by atoms with E-state index in [-0.39, 0.29) is 43.8 Å². The Labute approximate surface area is 296 Å². The van der Waals surface area contributed by atoms with E-state index >= 15 is 0 Å². The predicted octanol–water partition coefficient (Wildman–Crippen LogP) is 3.21. The SMILES string of the molecule is C.CCOC(=O)CCC(C(C)=O)C(C)=O.CCOC(=O)CCc1c(C)nn(-c2ccc3nnc(C)n3n2)c1C.Cc1nnc2ccc(NN)nn12. The van der Waals surface area contributed by atoms with Crippen LogP contribution in [0.4, 0.5) is 5.82 Å². The molecule has 51 heavy (non-hydrogen) atoms. The number of esters is 2. The summed E-state index contributed by atoms with van der Waals surface area (Å²) in [5.74, 6) is 6.34. The van der Waals surface area contributed by atoms with Crippen LogP contribution in [0.3, 0.4) is 0 Å². The quantitative estimate of drug-likeness (QED) is 0.0820. The van der Waals surface area contributed by atoms with Crippen LogP contribution >= 0.6 is 0 Å². The summed E-state index contributed by atoms with van der Waals surface area (Å²) >= 11 is 0. The Morgan fingerprint density at radius 3 is 1.82 bits per heavy atom. The third-order valence-electron chi connectivity index (χ3n) is 7.44. The molecule has 0 amide bonds. The summed E-state index contributed by atoms with van der Waals surface area (Å²) in [6.07, 6.45) is 1.32. The van der Waals surface area contributed by atoms with Crippen LogP contribution in [-0.2, 0) is 35.1 Å². The van der Waals surface area contributed by atoms with Crippen molar-refractivity contribution < 1.29 is 28.7 Å². The first kappa shape index (κ1) is 41.5. The number of hydrazine groups is 1. The fourth-order valence-corrected chi connectivity index (χ4v) is 4.88. The first-order valence-electron chi connectivity index (χ1n) is 16.0. The first-order valence-corrected chi connectivity index (χ1v) is 16.0. The third kappa shape index (κ3) is 11.2. The van der Waals surface area contributed by atoms with Gasteiger partial charge < -0.3 is 14.9 Å². The Morgan fingerprint density at radius 1 is 0.765 bits per heavy atom. The van der Waals surface area contributed by atoms with Gasteiger partial charge >= 0.3 is 11.9 Å². The second-order valence-corrected chi connectivity index (χ2v) is 11.1. The Hall–Kier alpha value is -5.65. The molecule has 276 valence electrons. The lowest BCUT2D eigenvalue weighted by Gasteiger charge is -2.08. The van der Waals surface area contributed by atoms with Crippen LogP contribution in [0.5, 0.6) is 0 Å². The lowest BCUT2D eigenvalue weighted by Crippen LogP contribution is -2.20. The van der Waals surface area contributed by atoms with Gasteiger partial charge in [-0.3, -0.25) is 19.2 Å². The van der Waals surface area contributed by atoms with Crippen molar-refractivity contribution in [3.8, 4) is 5.82 Å².